The zero-order valence-corrected chi connectivity index (χ0v) is 8.71. The number of carboxylic acid groups (broad SMARTS) is 1. The van der Waals surface area contributed by atoms with E-state index in [0.29, 0.717) is 5.69 Å². The quantitative estimate of drug-likeness (QED) is 0.820. The number of carbonyl (C=O) groups is 1. The van der Waals surface area contributed by atoms with Crippen LogP contribution in [-0.4, -0.2) is 22.3 Å². The van der Waals surface area contributed by atoms with Crippen LogP contribution in [0.1, 0.15) is 23.0 Å². The number of carboxylic acids is 1. The van der Waals surface area contributed by atoms with E-state index in [4.69, 9.17) is 5.11 Å². The summed E-state index contributed by atoms with van der Waals surface area (Å²) in [4.78, 5) is 19.1. The van der Waals surface area contributed by atoms with Gasteiger partial charge in [0.25, 0.3) is 0 Å². The molecule has 0 spiro atoms. The normalized spacial score (nSPS) is 16.6. The maximum atomic E-state index is 10.8. The van der Waals surface area contributed by atoms with Crippen molar-refractivity contribution in [1.82, 2.24) is 4.98 Å². The van der Waals surface area contributed by atoms with Crippen molar-refractivity contribution in [1.29, 1.82) is 0 Å². The van der Waals surface area contributed by atoms with Gasteiger partial charge in [0.2, 0.25) is 0 Å². The number of hydrogen-bond acceptors (Lipinski definition) is 3. The molecule has 0 radical (unpaired) electrons. The van der Waals surface area contributed by atoms with Crippen molar-refractivity contribution in [3.8, 4) is 0 Å². The average molecular weight is 214 g/mol. The molecule has 1 aliphatic rings. The lowest BCUT2D eigenvalue weighted by atomic mass is 10.1. The number of allylic oxidation sites excluding steroid dienone is 3. The topological polar surface area (TPSA) is 62.5 Å². The smallest absolute Gasteiger partial charge is 0.335 e. The van der Waals surface area contributed by atoms with Crippen LogP contribution in [-0.2, 0) is 0 Å². The molecule has 2 rings (SSSR count). The van der Waals surface area contributed by atoms with Gasteiger partial charge >= 0.3 is 5.97 Å². The Bertz CT molecular complexity index is 514. The van der Waals surface area contributed by atoms with Crippen molar-refractivity contribution < 1.29 is 9.90 Å². The highest BCUT2D eigenvalue weighted by Gasteiger charge is 2.08. The molecule has 0 aliphatic carbocycles. The Morgan fingerprint density at radius 2 is 2.25 bits per heavy atom. The van der Waals surface area contributed by atoms with Crippen LogP contribution in [0.3, 0.4) is 0 Å². The first-order valence-corrected chi connectivity index (χ1v) is 4.80. The van der Waals surface area contributed by atoms with Gasteiger partial charge in [-0.3, -0.25) is 9.98 Å². The van der Waals surface area contributed by atoms with Gasteiger partial charge < -0.3 is 5.11 Å². The van der Waals surface area contributed by atoms with E-state index in [-0.39, 0.29) is 5.56 Å². The summed E-state index contributed by atoms with van der Waals surface area (Å²) in [6.07, 6.45) is 6.88. The Balaban J connectivity index is 2.45. The van der Waals surface area contributed by atoms with Gasteiger partial charge in [0.05, 0.1) is 17.0 Å². The molecule has 0 saturated heterocycles. The maximum absolute atomic E-state index is 10.8. The number of pyridine rings is 1. The molecule has 0 atom stereocenters. The summed E-state index contributed by atoms with van der Waals surface area (Å²) in [5.74, 6) is -0.952. The third-order valence-corrected chi connectivity index (χ3v) is 2.33. The van der Waals surface area contributed by atoms with Crippen molar-refractivity contribution in [2.45, 2.75) is 6.92 Å². The number of aromatic carboxylic acids is 1. The van der Waals surface area contributed by atoms with Crippen LogP contribution in [0, 0.1) is 0 Å². The fourth-order valence-electron chi connectivity index (χ4n) is 1.42. The van der Waals surface area contributed by atoms with Gasteiger partial charge in [-0.1, -0.05) is 0 Å². The van der Waals surface area contributed by atoms with Crippen molar-refractivity contribution in [2.24, 2.45) is 4.99 Å². The van der Waals surface area contributed by atoms with Crippen LogP contribution in [0.4, 0.5) is 0 Å². The highest BCUT2D eigenvalue weighted by atomic mass is 16.4. The first kappa shape index (κ1) is 10.3. The molecule has 1 N–H and O–H groups in total. The second kappa shape index (κ2) is 4.10. The zero-order valence-electron chi connectivity index (χ0n) is 8.71. The Morgan fingerprint density at radius 3 is 2.88 bits per heavy atom. The summed E-state index contributed by atoms with van der Waals surface area (Å²) in [6, 6.07) is 3.02. The highest BCUT2D eigenvalue weighted by Crippen LogP contribution is 2.20. The van der Waals surface area contributed by atoms with E-state index in [1.54, 1.807) is 12.3 Å². The fraction of sp³-hybridized carbons (Fsp3) is 0.0833. The Hall–Kier alpha value is -2.23. The lowest BCUT2D eigenvalue weighted by Gasteiger charge is -2.03. The SMILES string of the molecule is C/C(=C1\C=CC=N1)c1cc(C(=O)O)ccn1. The number of rotatable bonds is 2. The molecule has 4 heteroatoms. The summed E-state index contributed by atoms with van der Waals surface area (Å²) < 4.78 is 0. The third-order valence-electron chi connectivity index (χ3n) is 2.33. The lowest BCUT2D eigenvalue weighted by molar-refractivity contribution is 0.0696. The van der Waals surface area contributed by atoms with Crippen molar-refractivity contribution in [3.05, 3.63) is 47.4 Å². The zero-order chi connectivity index (χ0) is 11.5. The maximum Gasteiger partial charge on any atom is 0.335 e. The van der Waals surface area contributed by atoms with Crippen LogP contribution in [0.5, 0.6) is 0 Å². The molecule has 1 aliphatic heterocycles. The minimum atomic E-state index is -0.952. The van der Waals surface area contributed by atoms with E-state index >= 15 is 0 Å². The van der Waals surface area contributed by atoms with Gasteiger partial charge in [0.1, 0.15) is 0 Å². The van der Waals surface area contributed by atoms with Gasteiger partial charge in [-0.2, -0.15) is 0 Å². The summed E-state index contributed by atoms with van der Waals surface area (Å²) in [6.45, 7) is 1.87. The summed E-state index contributed by atoms with van der Waals surface area (Å²) in [5, 5.41) is 8.87. The van der Waals surface area contributed by atoms with E-state index in [1.165, 1.54) is 12.3 Å². The van der Waals surface area contributed by atoms with E-state index in [0.717, 1.165) is 11.3 Å². The monoisotopic (exact) mass is 214 g/mol. The third kappa shape index (κ3) is 1.91. The Labute approximate surface area is 92.7 Å². The molecule has 0 aromatic carbocycles. The second-order valence-electron chi connectivity index (χ2n) is 3.38. The van der Waals surface area contributed by atoms with Crippen molar-refractivity contribution in [2.75, 3.05) is 0 Å². The lowest BCUT2D eigenvalue weighted by Crippen LogP contribution is -1.98. The van der Waals surface area contributed by atoms with E-state index in [1.807, 2.05) is 19.1 Å². The van der Waals surface area contributed by atoms with Crippen molar-refractivity contribution >= 4 is 17.8 Å². The molecule has 0 fully saturated rings. The van der Waals surface area contributed by atoms with Gasteiger partial charge in [-0.25, -0.2) is 4.79 Å². The molecular weight excluding hydrogens is 204 g/mol. The Morgan fingerprint density at radius 1 is 1.44 bits per heavy atom. The number of aliphatic imine (C=N–C) groups is 1. The van der Waals surface area contributed by atoms with Crippen LogP contribution >= 0.6 is 0 Å². The standard InChI is InChI=1S/C12H10N2O2/c1-8(10-3-2-5-13-10)11-7-9(12(15)16)4-6-14-11/h2-7H,1H3,(H,15,16)/b10-8-. The molecule has 16 heavy (non-hydrogen) atoms. The summed E-state index contributed by atoms with van der Waals surface area (Å²) >= 11 is 0. The number of hydrogen-bond donors (Lipinski definition) is 1. The van der Waals surface area contributed by atoms with Gasteiger partial charge in [-0.15, -0.1) is 0 Å². The summed E-state index contributed by atoms with van der Waals surface area (Å²) in [5.41, 5.74) is 2.55. The van der Waals surface area contributed by atoms with Gasteiger partial charge in [-0.05, 0) is 31.2 Å². The predicted octanol–water partition coefficient (Wildman–Crippen LogP) is 2.15. The minimum Gasteiger partial charge on any atom is -0.478 e. The van der Waals surface area contributed by atoms with Crippen LogP contribution < -0.4 is 0 Å². The van der Waals surface area contributed by atoms with Crippen molar-refractivity contribution in [3.63, 3.8) is 0 Å². The van der Waals surface area contributed by atoms with E-state index in [9.17, 15) is 4.79 Å². The van der Waals surface area contributed by atoms with E-state index < -0.39 is 5.97 Å². The largest absolute Gasteiger partial charge is 0.478 e. The second-order valence-corrected chi connectivity index (χ2v) is 3.38. The number of aromatic nitrogens is 1. The Kier molecular flexibility index (Phi) is 2.64. The average Bonchev–Trinajstić information content (AvgIpc) is 2.81. The molecule has 0 bridgehead atoms. The minimum absolute atomic E-state index is 0.232. The molecule has 0 amide bonds. The predicted molar refractivity (Wildman–Crippen MR) is 61.4 cm³/mol. The van der Waals surface area contributed by atoms with E-state index in [2.05, 4.69) is 9.98 Å². The molecular formula is C12H10N2O2. The molecule has 4 nitrogen and oxygen atoms in total. The van der Waals surface area contributed by atoms with Gasteiger partial charge in [0.15, 0.2) is 0 Å². The molecule has 1 aromatic rings. The van der Waals surface area contributed by atoms with Crippen LogP contribution in [0.2, 0.25) is 0 Å². The molecule has 0 unspecified atom stereocenters. The molecule has 0 saturated carbocycles. The van der Waals surface area contributed by atoms with Crippen LogP contribution in [0.15, 0.2) is 41.2 Å². The first-order chi connectivity index (χ1) is 7.68. The number of nitrogens with zero attached hydrogens (tertiary/aromatic N) is 2. The fourth-order valence-corrected chi connectivity index (χ4v) is 1.42. The molecule has 1 aromatic heterocycles. The molecule has 2 heterocycles. The summed E-state index contributed by atoms with van der Waals surface area (Å²) in [7, 11) is 0. The first-order valence-electron chi connectivity index (χ1n) is 4.80. The molecule has 80 valence electrons. The van der Waals surface area contributed by atoms with Crippen LogP contribution in [0.25, 0.3) is 5.57 Å². The van der Waals surface area contributed by atoms with Gasteiger partial charge in [0, 0.05) is 18.0 Å². The highest BCUT2D eigenvalue weighted by molar-refractivity contribution is 5.89.